The van der Waals surface area contributed by atoms with Crippen molar-refractivity contribution >= 4 is 11.3 Å². The fourth-order valence-electron chi connectivity index (χ4n) is 2.49. The Bertz CT molecular complexity index is 268. The van der Waals surface area contributed by atoms with E-state index in [0.717, 1.165) is 12.5 Å². The maximum absolute atomic E-state index is 3.69. The molecule has 0 amide bonds. The van der Waals surface area contributed by atoms with Gasteiger partial charge in [0.25, 0.3) is 0 Å². The lowest BCUT2D eigenvalue weighted by Crippen LogP contribution is -2.37. The predicted octanol–water partition coefficient (Wildman–Crippen LogP) is 4.49. The summed E-state index contributed by atoms with van der Waals surface area (Å²) in [6.07, 6.45) is 6.54. The second-order valence-electron chi connectivity index (χ2n) is 4.81. The van der Waals surface area contributed by atoms with Crippen molar-refractivity contribution in [3.8, 4) is 0 Å². The molecule has 2 unspecified atom stereocenters. The van der Waals surface area contributed by atoms with E-state index in [9.17, 15) is 0 Å². The molecule has 1 aromatic heterocycles. The number of unbranched alkanes of at least 4 members (excludes halogenated alkanes) is 1. The van der Waals surface area contributed by atoms with Gasteiger partial charge in [-0.1, -0.05) is 40.0 Å². The zero-order valence-corrected chi connectivity index (χ0v) is 12.4. The molecule has 0 radical (unpaired) electrons. The third kappa shape index (κ3) is 5.22. The van der Waals surface area contributed by atoms with E-state index in [1.54, 1.807) is 0 Å². The molecule has 1 nitrogen and oxygen atoms in total. The lowest BCUT2D eigenvalue weighted by atomic mass is 9.88. The molecular weight excluding hydrogens is 226 g/mol. The van der Waals surface area contributed by atoms with Crippen molar-refractivity contribution < 1.29 is 0 Å². The molecule has 0 aliphatic heterocycles. The maximum atomic E-state index is 3.69. The second-order valence-corrected chi connectivity index (χ2v) is 5.59. The molecule has 0 bridgehead atoms. The van der Waals surface area contributed by atoms with E-state index in [4.69, 9.17) is 0 Å². The van der Waals surface area contributed by atoms with Gasteiger partial charge in [0, 0.05) is 6.04 Å². The van der Waals surface area contributed by atoms with E-state index in [0.29, 0.717) is 6.04 Å². The highest BCUT2D eigenvalue weighted by atomic mass is 32.1. The van der Waals surface area contributed by atoms with Gasteiger partial charge in [-0.2, -0.15) is 11.3 Å². The van der Waals surface area contributed by atoms with Crippen LogP contribution in [-0.2, 0) is 6.42 Å². The molecule has 0 saturated heterocycles. The van der Waals surface area contributed by atoms with Gasteiger partial charge < -0.3 is 5.32 Å². The Labute approximate surface area is 111 Å². The van der Waals surface area contributed by atoms with Crippen LogP contribution in [0.25, 0.3) is 0 Å². The summed E-state index contributed by atoms with van der Waals surface area (Å²) in [6, 6.07) is 2.92. The molecule has 2 heteroatoms. The number of rotatable bonds is 9. The van der Waals surface area contributed by atoms with Crippen LogP contribution in [0.4, 0.5) is 0 Å². The van der Waals surface area contributed by atoms with Crippen molar-refractivity contribution in [2.75, 3.05) is 6.54 Å². The van der Waals surface area contributed by atoms with Gasteiger partial charge >= 0.3 is 0 Å². The quantitative estimate of drug-likeness (QED) is 0.684. The molecular formula is C15H27NS. The molecule has 0 aromatic carbocycles. The minimum atomic E-state index is 0.658. The summed E-state index contributed by atoms with van der Waals surface area (Å²) in [4.78, 5) is 0. The van der Waals surface area contributed by atoms with Crippen LogP contribution in [0.3, 0.4) is 0 Å². The standard InChI is InChI=1S/C15H27NS/c1-4-7-8-14(5-2)15(16-6-3)11-13-9-10-17-12-13/h9-10,12,14-16H,4-8,11H2,1-3H3. The summed E-state index contributed by atoms with van der Waals surface area (Å²) in [5, 5.41) is 8.16. The van der Waals surface area contributed by atoms with Gasteiger partial charge in [0.15, 0.2) is 0 Å². The first-order chi connectivity index (χ1) is 8.31. The maximum Gasteiger partial charge on any atom is 0.0136 e. The lowest BCUT2D eigenvalue weighted by molar-refractivity contribution is 0.320. The van der Waals surface area contributed by atoms with Crippen LogP contribution in [0.1, 0.15) is 52.0 Å². The molecule has 1 rings (SSSR count). The summed E-state index contributed by atoms with van der Waals surface area (Å²) in [5.74, 6) is 0.829. The molecule has 98 valence electrons. The fourth-order valence-corrected chi connectivity index (χ4v) is 3.17. The number of hydrogen-bond donors (Lipinski definition) is 1. The summed E-state index contributed by atoms with van der Waals surface area (Å²) >= 11 is 1.81. The van der Waals surface area contributed by atoms with E-state index in [1.807, 2.05) is 11.3 Å². The Morgan fingerprint density at radius 3 is 2.65 bits per heavy atom. The topological polar surface area (TPSA) is 12.0 Å². The van der Waals surface area contributed by atoms with Crippen LogP contribution < -0.4 is 5.32 Å². The highest BCUT2D eigenvalue weighted by Crippen LogP contribution is 2.21. The van der Waals surface area contributed by atoms with Crippen molar-refractivity contribution in [1.82, 2.24) is 5.32 Å². The van der Waals surface area contributed by atoms with Crippen LogP contribution >= 0.6 is 11.3 Å². The number of thiophene rings is 1. The smallest absolute Gasteiger partial charge is 0.0136 e. The third-order valence-corrected chi connectivity index (χ3v) is 4.26. The van der Waals surface area contributed by atoms with Crippen molar-refractivity contribution in [3.63, 3.8) is 0 Å². The molecule has 1 heterocycles. The van der Waals surface area contributed by atoms with Crippen LogP contribution in [0, 0.1) is 5.92 Å². The average Bonchev–Trinajstić information content (AvgIpc) is 2.83. The Morgan fingerprint density at radius 2 is 2.12 bits per heavy atom. The first-order valence-electron chi connectivity index (χ1n) is 7.06. The zero-order valence-electron chi connectivity index (χ0n) is 11.5. The lowest BCUT2D eigenvalue weighted by Gasteiger charge is -2.27. The van der Waals surface area contributed by atoms with Gasteiger partial charge in [0.1, 0.15) is 0 Å². The largest absolute Gasteiger partial charge is 0.314 e. The van der Waals surface area contributed by atoms with E-state index in [1.165, 1.54) is 37.7 Å². The molecule has 2 atom stereocenters. The first kappa shape index (κ1) is 14.7. The van der Waals surface area contributed by atoms with Gasteiger partial charge in [-0.05, 0) is 47.7 Å². The predicted molar refractivity (Wildman–Crippen MR) is 78.8 cm³/mol. The minimum Gasteiger partial charge on any atom is -0.314 e. The molecule has 0 saturated carbocycles. The molecule has 1 aromatic rings. The zero-order chi connectivity index (χ0) is 12.5. The van der Waals surface area contributed by atoms with Gasteiger partial charge in [-0.25, -0.2) is 0 Å². The third-order valence-electron chi connectivity index (χ3n) is 3.52. The van der Waals surface area contributed by atoms with Crippen LogP contribution in [0.5, 0.6) is 0 Å². The van der Waals surface area contributed by atoms with Gasteiger partial charge in [0.05, 0.1) is 0 Å². The summed E-state index contributed by atoms with van der Waals surface area (Å²) in [7, 11) is 0. The monoisotopic (exact) mass is 253 g/mol. The summed E-state index contributed by atoms with van der Waals surface area (Å²) < 4.78 is 0. The van der Waals surface area contributed by atoms with Crippen LogP contribution in [-0.4, -0.2) is 12.6 Å². The van der Waals surface area contributed by atoms with Crippen molar-refractivity contribution in [3.05, 3.63) is 22.4 Å². The van der Waals surface area contributed by atoms with Crippen molar-refractivity contribution in [2.24, 2.45) is 5.92 Å². The molecule has 0 aliphatic rings. The summed E-state index contributed by atoms with van der Waals surface area (Å²) in [5.41, 5.74) is 1.50. The SMILES string of the molecule is CCCCC(CC)C(Cc1ccsc1)NCC. The highest BCUT2D eigenvalue weighted by molar-refractivity contribution is 7.07. The van der Waals surface area contributed by atoms with Crippen molar-refractivity contribution in [1.29, 1.82) is 0 Å². The number of nitrogens with one attached hydrogen (secondary N) is 1. The highest BCUT2D eigenvalue weighted by Gasteiger charge is 2.19. The normalized spacial score (nSPS) is 14.8. The van der Waals surface area contributed by atoms with Crippen LogP contribution in [0.2, 0.25) is 0 Å². The Hall–Kier alpha value is -0.340. The van der Waals surface area contributed by atoms with Gasteiger partial charge in [-0.3, -0.25) is 0 Å². The average molecular weight is 253 g/mol. The van der Waals surface area contributed by atoms with E-state index in [-0.39, 0.29) is 0 Å². The van der Waals surface area contributed by atoms with E-state index in [2.05, 4.69) is 42.9 Å². The Kier molecular flexibility index (Phi) is 7.54. The second kappa shape index (κ2) is 8.71. The molecule has 1 N–H and O–H groups in total. The molecule has 0 aliphatic carbocycles. The van der Waals surface area contributed by atoms with Crippen LogP contribution in [0.15, 0.2) is 16.8 Å². The molecule has 17 heavy (non-hydrogen) atoms. The summed E-state index contributed by atoms with van der Waals surface area (Å²) in [6.45, 7) is 7.91. The van der Waals surface area contributed by atoms with E-state index >= 15 is 0 Å². The first-order valence-corrected chi connectivity index (χ1v) is 8.00. The fraction of sp³-hybridized carbons (Fsp3) is 0.733. The molecule has 0 fully saturated rings. The van der Waals surface area contributed by atoms with Gasteiger partial charge in [0.2, 0.25) is 0 Å². The number of hydrogen-bond acceptors (Lipinski definition) is 2. The number of likely N-dealkylation sites (N-methyl/N-ethyl adjacent to an activating group) is 1. The molecule has 0 spiro atoms. The Balaban J connectivity index is 2.55. The minimum absolute atomic E-state index is 0.658. The van der Waals surface area contributed by atoms with Gasteiger partial charge in [-0.15, -0.1) is 0 Å². The van der Waals surface area contributed by atoms with E-state index < -0.39 is 0 Å². The van der Waals surface area contributed by atoms with Crippen molar-refractivity contribution in [2.45, 2.75) is 58.9 Å². The Morgan fingerprint density at radius 1 is 1.29 bits per heavy atom.